The maximum absolute atomic E-state index is 11.0. The molecule has 1 aliphatic heterocycles. The Hall–Kier alpha value is -2.25. The van der Waals surface area contributed by atoms with Gasteiger partial charge in [0, 0.05) is 30.0 Å². The third-order valence-corrected chi connectivity index (χ3v) is 6.39. The molecule has 0 amide bonds. The third kappa shape index (κ3) is 5.26. The molecule has 1 atom stereocenters. The Kier molecular flexibility index (Phi) is 6.79. The number of piperidine rings is 1. The Morgan fingerprint density at radius 3 is 2.43 bits per heavy atom. The molecule has 1 aliphatic rings. The molecule has 1 N–H and O–H groups in total. The van der Waals surface area contributed by atoms with Crippen molar-refractivity contribution in [2.75, 3.05) is 13.1 Å². The molecule has 2 aromatic carbocycles. The lowest BCUT2D eigenvalue weighted by Crippen LogP contribution is -2.37. The van der Waals surface area contributed by atoms with Gasteiger partial charge in [0.2, 0.25) is 5.01 Å². The van der Waals surface area contributed by atoms with Crippen LogP contribution in [0.5, 0.6) is 0 Å². The van der Waals surface area contributed by atoms with E-state index in [1.165, 1.54) is 11.3 Å². The molecule has 0 bridgehead atoms. The minimum absolute atomic E-state index is 0.128. The number of hydrogen-bond acceptors (Lipinski definition) is 5. The SMILES string of the molecule is O=C(O)c1nc(CN2CCC(OC(c3ccccc3)c3ccc(Cl)cc3)CC2)cs1. The van der Waals surface area contributed by atoms with Crippen molar-refractivity contribution in [2.45, 2.75) is 31.6 Å². The van der Waals surface area contributed by atoms with Gasteiger partial charge in [-0.25, -0.2) is 9.78 Å². The number of rotatable bonds is 7. The van der Waals surface area contributed by atoms with Gasteiger partial charge < -0.3 is 9.84 Å². The van der Waals surface area contributed by atoms with Crippen LogP contribution in [-0.2, 0) is 11.3 Å². The van der Waals surface area contributed by atoms with Gasteiger partial charge in [0.1, 0.15) is 6.10 Å². The highest BCUT2D eigenvalue weighted by molar-refractivity contribution is 7.11. The van der Waals surface area contributed by atoms with Crippen LogP contribution in [0.1, 0.15) is 45.6 Å². The average Bonchev–Trinajstić information content (AvgIpc) is 3.23. The number of carboxylic acids is 1. The van der Waals surface area contributed by atoms with Gasteiger partial charge >= 0.3 is 5.97 Å². The molecular formula is C23H23ClN2O3S. The normalized spacial score (nSPS) is 16.4. The summed E-state index contributed by atoms with van der Waals surface area (Å²) in [6.45, 7) is 2.47. The fraction of sp³-hybridized carbons (Fsp3) is 0.304. The van der Waals surface area contributed by atoms with Crippen LogP contribution in [0, 0.1) is 0 Å². The van der Waals surface area contributed by atoms with Crippen molar-refractivity contribution in [2.24, 2.45) is 0 Å². The van der Waals surface area contributed by atoms with E-state index < -0.39 is 5.97 Å². The first kappa shape index (κ1) is 21.0. The lowest BCUT2D eigenvalue weighted by Gasteiger charge is -2.34. The number of carbonyl (C=O) groups is 1. The minimum atomic E-state index is -0.965. The molecule has 0 saturated carbocycles. The van der Waals surface area contributed by atoms with E-state index in [1.807, 2.05) is 47.8 Å². The van der Waals surface area contributed by atoms with E-state index in [0.29, 0.717) is 11.6 Å². The lowest BCUT2D eigenvalue weighted by atomic mass is 10.00. The van der Waals surface area contributed by atoms with Crippen molar-refractivity contribution in [3.05, 3.63) is 86.8 Å². The number of ether oxygens (including phenoxy) is 1. The van der Waals surface area contributed by atoms with Crippen molar-refractivity contribution in [3.8, 4) is 0 Å². The van der Waals surface area contributed by atoms with Gasteiger partial charge in [0.25, 0.3) is 0 Å². The summed E-state index contributed by atoms with van der Waals surface area (Å²) < 4.78 is 6.58. The summed E-state index contributed by atoms with van der Waals surface area (Å²) >= 11 is 7.25. The molecule has 0 radical (unpaired) electrons. The topological polar surface area (TPSA) is 62.7 Å². The summed E-state index contributed by atoms with van der Waals surface area (Å²) in [4.78, 5) is 17.5. The largest absolute Gasteiger partial charge is 0.476 e. The van der Waals surface area contributed by atoms with Crippen LogP contribution in [0.3, 0.4) is 0 Å². The van der Waals surface area contributed by atoms with E-state index in [9.17, 15) is 4.79 Å². The lowest BCUT2D eigenvalue weighted by molar-refractivity contribution is -0.0282. The minimum Gasteiger partial charge on any atom is -0.476 e. The molecular weight excluding hydrogens is 420 g/mol. The van der Waals surface area contributed by atoms with Crippen LogP contribution >= 0.6 is 22.9 Å². The first-order chi connectivity index (χ1) is 14.6. The number of hydrogen-bond donors (Lipinski definition) is 1. The first-order valence-electron chi connectivity index (χ1n) is 9.94. The zero-order valence-corrected chi connectivity index (χ0v) is 18.0. The van der Waals surface area contributed by atoms with Crippen molar-refractivity contribution < 1.29 is 14.6 Å². The molecule has 1 aromatic heterocycles. The van der Waals surface area contributed by atoms with Gasteiger partial charge in [0.15, 0.2) is 0 Å². The number of aromatic carboxylic acids is 1. The zero-order valence-electron chi connectivity index (χ0n) is 16.4. The molecule has 156 valence electrons. The number of likely N-dealkylation sites (tertiary alicyclic amines) is 1. The first-order valence-corrected chi connectivity index (χ1v) is 11.2. The summed E-state index contributed by atoms with van der Waals surface area (Å²) in [5, 5.41) is 11.7. The van der Waals surface area contributed by atoms with Gasteiger partial charge in [-0.1, -0.05) is 54.1 Å². The second-order valence-corrected chi connectivity index (χ2v) is 8.70. The van der Waals surface area contributed by atoms with Crippen molar-refractivity contribution in [1.29, 1.82) is 0 Å². The number of thiazole rings is 1. The Labute approximate surface area is 184 Å². The highest BCUT2D eigenvalue weighted by Gasteiger charge is 2.25. The maximum atomic E-state index is 11.0. The second kappa shape index (κ2) is 9.71. The summed E-state index contributed by atoms with van der Waals surface area (Å²) in [6, 6.07) is 18.1. The molecule has 5 nitrogen and oxygen atoms in total. The molecule has 3 aromatic rings. The fourth-order valence-electron chi connectivity index (χ4n) is 3.72. The monoisotopic (exact) mass is 442 g/mol. The highest BCUT2D eigenvalue weighted by Crippen LogP contribution is 2.31. The highest BCUT2D eigenvalue weighted by atomic mass is 35.5. The van der Waals surface area contributed by atoms with Gasteiger partial charge in [-0.3, -0.25) is 4.90 Å². The summed E-state index contributed by atoms with van der Waals surface area (Å²) in [5.74, 6) is -0.965. The molecule has 1 saturated heterocycles. The summed E-state index contributed by atoms with van der Waals surface area (Å²) in [6.07, 6.45) is 1.88. The Morgan fingerprint density at radius 1 is 1.13 bits per heavy atom. The average molecular weight is 443 g/mol. The van der Waals surface area contributed by atoms with Crippen LogP contribution in [0.15, 0.2) is 60.0 Å². The standard InChI is InChI=1S/C23H23ClN2O3S/c24-18-8-6-17(7-9-18)21(16-4-2-1-3-5-16)29-20-10-12-26(13-11-20)14-19-15-30-22(25-19)23(27)28/h1-9,15,20-21H,10-14H2,(H,27,28). The van der Waals surface area contributed by atoms with Gasteiger partial charge in [0.05, 0.1) is 11.8 Å². The van der Waals surface area contributed by atoms with Crippen LogP contribution in [0.25, 0.3) is 0 Å². The molecule has 7 heteroatoms. The molecule has 1 unspecified atom stereocenters. The Balaban J connectivity index is 1.39. The van der Waals surface area contributed by atoms with Gasteiger partial charge in [-0.2, -0.15) is 0 Å². The number of aromatic nitrogens is 1. The smallest absolute Gasteiger partial charge is 0.365 e. The fourth-order valence-corrected chi connectivity index (χ4v) is 4.49. The molecule has 2 heterocycles. The van der Waals surface area contributed by atoms with E-state index in [4.69, 9.17) is 21.4 Å². The van der Waals surface area contributed by atoms with E-state index in [-0.39, 0.29) is 17.2 Å². The van der Waals surface area contributed by atoms with Crippen LogP contribution in [0.4, 0.5) is 0 Å². The van der Waals surface area contributed by atoms with E-state index in [1.54, 1.807) is 0 Å². The van der Waals surface area contributed by atoms with E-state index in [2.05, 4.69) is 22.0 Å². The summed E-state index contributed by atoms with van der Waals surface area (Å²) in [7, 11) is 0. The maximum Gasteiger partial charge on any atom is 0.365 e. The van der Waals surface area contributed by atoms with Gasteiger partial charge in [-0.05, 0) is 36.1 Å². The number of carboxylic acid groups (broad SMARTS) is 1. The molecule has 1 fully saturated rings. The number of benzene rings is 2. The molecule has 0 spiro atoms. The second-order valence-electron chi connectivity index (χ2n) is 7.40. The van der Waals surface area contributed by atoms with Crippen LogP contribution in [-0.4, -0.2) is 40.2 Å². The molecule has 4 rings (SSSR count). The summed E-state index contributed by atoms with van der Waals surface area (Å²) in [5.41, 5.74) is 3.04. The Morgan fingerprint density at radius 2 is 1.80 bits per heavy atom. The number of nitrogens with zero attached hydrogens (tertiary/aromatic N) is 2. The Bertz CT molecular complexity index is 970. The predicted octanol–water partition coefficient (Wildman–Crippen LogP) is 5.27. The van der Waals surface area contributed by atoms with Crippen LogP contribution in [0.2, 0.25) is 5.02 Å². The van der Waals surface area contributed by atoms with Crippen molar-refractivity contribution in [1.82, 2.24) is 9.88 Å². The third-order valence-electron chi connectivity index (χ3n) is 5.26. The van der Waals surface area contributed by atoms with Crippen molar-refractivity contribution in [3.63, 3.8) is 0 Å². The van der Waals surface area contributed by atoms with Crippen LogP contribution < -0.4 is 0 Å². The molecule has 30 heavy (non-hydrogen) atoms. The zero-order chi connectivity index (χ0) is 20.9. The van der Waals surface area contributed by atoms with Crippen molar-refractivity contribution >= 4 is 28.9 Å². The quantitative estimate of drug-likeness (QED) is 0.540. The van der Waals surface area contributed by atoms with Gasteiger partial charge in [-0.15, -0.1) is 11.3 Å². The number of halogens is 1. The van der Waals surface area contributed by atoms with E-state index >= 15 is 0 Å². The molecule has 0 aliphatic carbocycles. The predicted molar refractivity (Wildman–Crippen MR) is 118 cm³/mol. The van der Waals surface area contributed by atoms with E-state index in [0.717, 1.165) is 42.8 Å².